The molecule has 0 aromatic rings. The van der Waals surface area contributed by atoms with Gasteiger partial charge in [0.2, 0.25) is 0 Å². The minimum absolute atomic E-state index is 0. The molecule has 1 aliphatic rings. The van der Waals surface area contributed by atoms with Gasteiger partial charge in [0.25, 0.3) is 0 Å². The molecule has 1 aliphatic carbocycles. The van der Waals surface area contributed by atoms with E-state index in [2.05, 4.69) is 32.9 Å². The average Bonchev–Trinajstić information content (AvgIpc) is 1.88. The van der Waals surface area contributed by atoms with Crippen molar-refractivity contribution in [2.75, 3.05) is 0 Å². The highest BCUT2D eigenvalue weighted by atomic mass is 14.1. The van der Waals surface area contributed by atoms with Crippen LogP contribution in [-0.2, 0) is 0 Å². The minimum Gasteiger partial charge on any atom is -0.0840 e. The van der Waals surface area contributed by atoms with Crippen molar-refractivity contribution in [1.29, 1.82) is 0 Å². The Balaban J connectivity index is 0.000001000. The van der Waals surface area contributed by atoms with Gasteiger partial charge in [-0.15, -0.1) is 0 Å². The van der Waals surface area contributed by atoms with Crippen molar-refractivity contribution < 1.29 is 0 Å². The normalized spacial score (nSPS) is 17.1. The van der Waals surface area contributed by atoms with Gasteiger partial charge in [-0.1, -0.05) is 44.6 Å². The first kappa shape index (κ1) is 10.5. The number of hydrogen-bond donors (Lipinski definition) is 0. The molecule has 0 aliphatic heterocycles. The number of hydrogen-bond acceptors (Lipinski definition) is 0. The third-order valence-electron chi connectivity index (χ3n) is 2.15. The summed E-state index contributed by atoms with van der Waals surface area (Å²) in [6.07, 6.45) is 7.03. The Morgan fingerprint density at radius 1 is 1.36 bits per heavy atom. The van der Waals surface area contributed by atoms with Crippen LogP contribution in [0.15, 0.2) is 23.3 Å². The molecule has 0 nitrogen and oxygen atoms in total. The van der Waals surface area contributed by atoms with E-state index in [1.165, 1.54) is 18.4 Å². The molecule has 11 heavy (non-hydrogen) atoms. The van der Waals surface area contributed by atoms with Gasteiger partial charge in [0.05, 0.1) is 0 Å². The Bertz CT molecular complexity index is 170. The largest absolute Gasteiger partial charge is 0.0840 e. The molecule has 0 saturated carbocycles. The van der Waals surface area contributed by atoms with Gasteiger partial charge in [-0.25, -0.2) is 0 Å². The fraction of sp³-hybridized carbons (Fsp3) is 0.636. The zero-order chi connectivity index (χ0) is 7.56. The van der Waals surface area contributed by atoms with Gasteiger partial charge in [-0.2, -0.15) is 0 Å². The van der Waals surface area contributed by atoms with Gasteiger partial charge in [0, 0.05) is 0 Å². The monoisotopic (exact) mass is 152 g/mol. The van der Waals surface area contributed by atoms with Crippen LogP contribution >= 0.6 is 0 Å². The lowest BCUT2D eigenvalue weighted by molar-refractivity contribution is 0.699. The summed E-state index contributed by atoms with van der Waals surface area (Å²) in [5.74, 6) is 0.741. The summed E-state index contributed by atoms with van der Waals surface area (Å²) in [5, 5.41) is 0. The highest BCUT2D eigenvalue weighted by molar-refractivity contribution is 5.28. The quantitative estimate of drug-likeness (QED) is 0.534. The molecule has 0 bridgehead atoms. The molecule has 1 rings (SSSR count). The molecule has 0 N–H and O–H groups in total. The lowest BCUT2D eigenvalue weighted by Crippen LogP contribution is -1.99. The molecule has 0 unspecified atom stereocenters. The van der Waals surface area contributed by atoms with Crippen LogP contribution in [0.5, 0.6) is 0 Å². The van der Waals surface area contributed by atoms with E-state index in [1.54, 1.807) is 5.57 Å². The van der Waals surface area contributed by atoms with Gasteiger partial charge in [0.1, 0.15) is 0 Å². The second-order valence-electron chi connectivity index (χ2n) is 3.30. The summed E-state index contributed by atoms with van der Waals surface area (Å²) in [4.78, 5) is 0. The molecule has 0 radical (unpaired) electrons. The first-order valence-corrected chi connectivity index (χ1v) is 4.08. The first-order chi connectivity index (χ1) is 4.72. The summed E-state index contributed by atoms with van der Waals surface area (Å²) >= 11 is 0. The Morgan fingerprint density at radius 3 is 2.36 bits per heavy atom. The molecular formula is C11H20. The number of allylic oxidation sites excluding steroid dienone is 4. The van der Waals surface area contributed by atoms with Crippen molar-refractivity contribution in [2.24, 2.45) is 5.92 Å². The third-order valence-corrected chi connectivity index (χ3v) is 2.15. The van der Waals surface area contributed by atoms with E-state index in [1.807, 2.05) is 0 Å². The van der Waals surface area contributed by atoms with E-state index in [9.17, 15) is 0 Å². The van der Waals surface area contributed by atoms with Crippen LogP contribution in [0.4, 0.5) is 0 Å². The van der Waals surface area contributed by atoms with Crippen molar-refractivity contribution in [3.05, 3.63) is 23.3 Å². The van der Waals surface area contributed by atoms with E-state index in [0.29, 0.717) is 0 Å². The van der Waals surface area contributed by atoms with Crippen LogP contribution in [0.1, 0.15) is 41.0 Å². The predicted molar refractivity (Wildman–Crippen MR) is 52.6 cm³/mol. The summed E-state index contributed by atoms with van der Waals surface area (Å²) in [5.41, 5.74) is 3.13. The van der Waals surface area contributed by atoms with Crippen LogP contribution in [0.3, 0.4) is 0 Å². The van der Waals surface area contributed by atoms with Crippen LogP contribution in [0, 0.1) is 5.92 Å². The van der Waals surface area contributed by atoms with Gasteiger partial charge in [-0.3, -0.25) is 0 Å². The Kier molecular flexibility index (Phi) is 4.17. The van der Waals surface area contributed by atoms with Crippen LogP contribution < -0.4 is 0 Å². The summed E-state index contributed by atoms with van der Waals surface area (Å²) < 4.78 is 0. The van der Waals surface area contributed by atoms with Crippen LogP contribution in [0.2, 0.25) is 0 Å². The molecule has 64 valence electrons. The Hall–Kier alpha value is -0.520. The van der Waals surface area contributed by atoms with E-state index < -0.39 is 0 Å². The minimum atomic E-state index is 0. The molecule has 0 fully saturated rings. The maximum atomic E-state index is 2.28. The fourth-order valence-corrected chi connectivity index (χ4v) is 1.55. The molecule has 0 atom stereocenters. The smallest absolute Gasteiger partial charge is 0.0254 e. The summed E-state index contributed by atoms with van der Waals surface area (Å²) in [6, 6.07) is 0. The molecule has 0 heteroatoms. The van der Waals surface area contributed by atoms with Crippen molar-refractivity contribution in [3.63, 3.8) is 0 Å². The van der Waals surface area contributed by atoms with Gasteiger partial charge >= 0.3 is 0 Å². The molecule has 0 aromatic carbocycles. The van der Waals surface area contributed by atoms with E-state index >= 15 is 0 Å². The molecule has 0 amide bonds. The molecule has 0 spiro atoms. The summed E-state index contributed by atoms with van der Waals surface area (Å²) in [7, 11) is 0. The zero-order valence-electron chi connectivity index (χ0n) is 7.15. The lowest BCUT2D eigenvalue weighted by Gasteiger charge is -2.16. The standard InChI is InChI=1S/C10H16.CH4/c1-8(2)10-7-5-4-6-9(10)3;/h4,6,8H,5,7H2,1-3H3;1H4. The lowest BCUT2D eigenvalue weighted by atomic mass is 9.90. The molecule has 0 saturated heterocycles. The zero-order valence-corrected chi connectivity index (χ0v) is 7.15. The maximum absolute atomic E-state index is 2.28. The molecular weight excluding hydrogens is 132 g/mol. The Morgan fingerprint density at radius 2 is 2.00 bits per heavy atom. The van der Waals surface area contributed by atoms with Crippen molar-refractivity contribution >= 4 is 0 Å². The predicted octanol–water partition coefficient (Wildman–Crippen LogP) is 3.95. The van der Waals surface area contributed by atoms with Crippen molar-refractivity contribution in [3.8, 4) is 0 Å². The second kappa shape index (κ2) is 4.38. The van der Waals surface area contributed by atoms with E-state index in [0.717, 1.165) is 5.92 Å². The highest BCUT2D eigenvalue weighted by Gasteiger charge is 2.07. The van der Waals surface area contributed by atoms with Gasteiger partial charge in [-0.05, 0) is 25.7 Å². The van der Waals surface area contributed by atoms with Crippen molar-refractivity contribution in [2.45, 2.75) is 41.0 Å². The molecule has 0 heterocycles. The SMILES string of the molecule is C.CC1=C(C(C)C)CCC=C1. The second-order valence-corrected chi connectivity index (χ2v) is 3.30. The molecule has 0 aromatic heterocycles. The Labute approximate surface area is 71.0 Å². The highest BCUT2D eigenvalue weighted by Crippen LogP contribution is 2.24. The van der Waals surface area contributed by atoms with E-state index in [4.69, 9.17) is 0 Å². The van der Waals surface area contributed by atoms with Crippen LogP contribution in [-0.4, -0.2) is 0 Å². The van der Waals surface area contributed by atoms with E-state index in [-0.39, 0.29) is 7.43 Å². The maximum Gasteiger partial charge on any atom is -0.0254 e. The number of rotatable bonds is 1. The van der Waals surface area contributed by atoms with Crippen molar-refractivity contribution in [1.82, 2.24) is 0 Å². The topological polar surface area (TPSA) is 0 Å². The first-order valence-electron chi connectivity index (χ1n) is 4.08. The summed E-state index contributed by atoms with van der Waals surface area (Å²) in [6.45, 7) is 6.76. The van der Waals surface area contributed by atoms with Gasteiger partial charge < -0.3 is 0 Å². The fourth-order valence-electron chi connectivity index (χ4n) is 1.55. The van der Waals surface area contributed by atoms with Crippen LogP contribution in [0.25, 0.3) is 0 Å². The van der Waals surface area contributed by atoms with Gasteiger partial charge in [0.15, 0.2) is 0 Å². The third kappa shape index (κ3) is 2.53. The average molecular weight is 152 g/mol.